The molecule has 0 aliphatic heterocycles. The van der Waals surface area contributed by atoms with Gasteiger partial charge in [0.15, 0.2) is 18.2 Å². The van der Waals surface area contributed by atoms with E-state index in [9.17, 15) is 24.2 Å². The summed E-state index contributed by atoms with van der Waals surface area (Å²) in [6.45, 7) is 4.08. The van der Waals surface area contributed by atoms with Crippen molar-refractivity contribution >= 4 is 11.6 Å². The fraction of sp³-hybridized carbons (Fsp3) is 0.727. The van der Waals surface area contributed by atoms with Gasteiger partial charge >= 0.3 is 0 Å². The van der Waals surface area contributed by atoms with Crippen molar-refractivity contribution in [2.45, 2.75) is 57.9 Å². The third kappa shape index (κ3) is 2.22. The van der Waals surface area contributed by atoms with Gasteiger partial charge in [0.1, 0.15) is 11.8 Å². The van der Waals surface area contributed by atoms with E-state index in [4.69, 9.17) is 0 Å². The molecule has 0 spiro atoms. The van der Waals surface area contributed by atoms with Crippen LogP contribution in [0.15, 0.2) is 23.8 Å². The maximum Gasteiger partial charge on any atom is 0.196 e. The van der Waals surface area contributed by atoms with Crippen molar-refractivity contribution in [3.8, 4) is 0 Å². The lowest BCUT2D eigenvalue weighted by Crippen LogP contribution is -2.63. The molecule has 0 bridgehead atoms. The van der Waals surface area contributed by atoms with Crippen LogP contribution in [0.25, 0.3) is 0 Å². The number of hydrogen-bond donors (Lipinski definition) is 2. The van der Waals surface area contributed by atoms with Crippen LogP contribution in [0.4, 0.5) is 8.78 Å². The Kier molecular flexibility index (Phi) is 4.30. The summed E-state index contributed by atoms with van der Waals surface area (Å²) in [4.78, 5) is 24.2. The first-order valence-corrected chi connectivity index (χ1v) is 10.1. The summed E-state index contributed by atoms with van der Waals surface area (Å²) in [5.41, 5.74) is -3.25. The van der Waals surface area contributed by atoms with Gasteiger partial charge in [-0.25, -0.2) is 8.78 Å². The summed E-state index contributed by atoms with van der Waals surface area (Å²) in [7, 11) is 0. The molecule has 4 rings (SSSR count). The lowest BCUT2D eigenvalue weighted by atomic mass is 9.46. The molecule has 0 unspecified atom stereocenters. The zero-order chi connectivity index (χ0) is 20.6. The van der Waals surface area contributed by atoms with Crippen molar-refractivity contribution in [3.63, 3.8) is 0 Å². The third-order valence-electron chi connectivity index (χ3n) is 8.60. The number of aliphatic hydroxyl groups is 2. The van der Waals surface area contributed by atoms with Crippen molar-refractivity contribution in [3.05, 3.63) is 23.8 Å². The van der Waals surface area contributed by atoms with E-state index in [-0.39, 0.29) is 36.4 Å². The molecular weight excluding hydrogens is 366 g/mol. The fourth-order valence-corrected chi connectivity index (χ4v) is 7.36. The zero-order valence-corrected chi connectivity index (χ0v) is 16.5. The molecule has 154 valence electrons. The number of fused-ring (bicyclic) bond motifs is 5. The molecule has 0 saturated heterocycles. The molecular formula is C22H28F2O4. The fourth-order valence-electron chi connectivity index (χ4n) is 7.36. The maximum absolute atomic E-state index is 15.2. The number of carbonyl (C=O) groups excluding carboxylic acids is 2. The highest BCUT2D eigenvalue weighted by molar-refractivity contribution is 6.01. The Morgan fingerprint density at radius 2 is 2.00 bits per heavy atom. The van der Waals surface area contributed by atoms with Crippen molar-refractivity contribution in [1.82, 2.24) is 0 Å². The first-order valence-electron chi connectivity index (χ1n) is 10.1. The monoisotopic (exact) mass is 394 g/mol. The molecule has 0 heterocycles. The Balaban J connectivity index is 1.81. The molecule has 0 aromatic carbocycles. The van der Waals surface area contributed by atoms with E-state index < -0.39 is 47.1 Å². The Hall–Kier alpha value is -1.40. The summed E-state index contributed by atoms with van der Waals surface area (Å²) in [6, 6.07) is 0. The number of halogens is 2. The van der Waals surface area contributed by atoms with E-state index in [0.29, 0.717) is 12.0 Å². The number of aliphatic hydroxyl groups excluding tert-OH is 1. The Bertz CT molecular complexity index is 791. The van der Waals surface area contributed by atoms with E-state index >= 15 is 4.39 Å². The highest BCUT2D eigenvalue weighted by Crippen LogP contribution is 2.68. The molecule has 4 nitrogen and oxygen atoms in total. The molecule has 3 saturated carbocycles. The average Bonchev–Trinajstić information content (AvgIpc) is 2.83. The van der Waals surface area contributed by atoms with Gasteiger partial charge in [0.2, 0.25) is 0 Å². The normalized spacial score (nSPS) is 52.5. The standard InChI is InChI=1S/C22H28F2O4/c1-11-6-14-13-8-16(24)15-7-12(25)4-5-20(15,2)19(13)17(26)9-21(14,3)22(11,28)18(27)10-23/h4-5,7,11,13-14,16-17,19,26,28H,6,8-10H2,1-3H3/t11-,13+,14+,16+,17+,19-,20+,21+,22+/m1/s1. The van der Waals surface area contributed by atoms with Crippen LogP contribution in [-0.2, 0) is 9.59 Å². The summed E-state index contributed by atoms with van der Waals surface area (Å²) >= 11 is 0. The topological polar surface area (TPSA) is 74.6 Å². The van der Waals surface area contributed by atoms with E-state index in [2.05, 4.69) is 0 Å². The quantitative estimate of drug-likeness (QED) is 0.755. The highest BCUT2D eigenvalue weighted by Gasteiger charge is 2.71. The van der Waals surface area contributed by atoms with Crippen molar-refractivity contribution in [1.29, 1.82) is 0 Å². The van der Waals surface area contributed by atoms with E-state index in [1.54, 1.807) is 19.9 Å². The molecule has 3 fully saturated rings. The van der Waals surface area contributed by atoms with Gasteiger partial charge in [-0.15, -0.1) is 0 Å². The van der Waals surface area contributed by atoms with Crippen LogP contribution in [0.3, 0.4) is 0 Å². The van der Waals surface area contributed by atoms with Gasteiger partial charge in [0.25, 0.3) is 0 Å². The SMILES string of the molecule is C[C@@H]1C[C@H]2[C@@H]3C[C@H](F)C4=CC(=O)C=C[C@]4(C)[C@H]3[C@@H](O)C[C@]2(C)[C@@]1(O)C(=O)CF. The first kappa shape index (κ1) is 19.9. The zero-order valence-electron chi connectivity index (χ0n) is 16.5. The van der Waals surface area contributed by atoms with E-state index in [0.717, 1.165) is 0 Å². The second-order valence-corrected chi connectivity index (χ2v) is 9.77. The minimum atomic E-state index is -1.86. The average molecular weight is 394 g/mol. The summed E-state index contributed by atoms with van der Waals surface area (Å²) in [5, 5.41) is 22.5. The summed E-state index contributed by atoms with van der Waals surface area (Å²) in [5.74, 6) is -2.36. The summed E-state index contributed by atoms with van der Waals surface area (Å²) < 4.78 is 28.5. The van der Waals surface area contributed by atoms with Crippen LogP contribution in [0.2, 0.25) is 0 Å². The number of carbonyl (C=O) groups is 2. The molecule has 28 heavy (non-hydrogen) atoms. The van der Waals surface area contributed by atoms with Gasteiger partial charge in [0, 0.05) is 16.7 Å². The maximum atomic E-state index is 15.2. The minimum absolute atomic E-state index is 0.136. The lowest BCUT2D eigenvalue weighted by Gasteiger charge is -2.60. The van der Waals surface area contributed by atoms with E-state index in [1.807, 2.05) is 6.92 Å². The van der Waals surface area contributed by atoms with Gasteiger partial charge in [-0.2, -0.15) is 0 Å². The molecule has 0 amide bonds. The van der Waals surface area contributed by atoms with Gasteiger partial charge in [-0.3, -0.25) is 9.59 Å². The molecule has 4 aliphatic rings. The van der Waals surface area contributed by atoms with Crippen LogP contribution in [0, 0.1) is 34.5 Å². The van der Waals surface area contributed by atoms with Crippen LogP contribution < -0.4 is 0 Å². The predicted octanol–water partition coefficient (Wildman–Crippen LogP) is 2.73. The Morgan fingerprint density at radius 1 is 1.32 bits per heavy atom. The number of allylic oxidation sites excluding steroid dienone is 4. The van der Waals surface area contributed by atoms with Gasteiger partial charge < -0.3 is 10.2 Å². The predicted molar refractivity (Wildman–Crippen MR) is 98.8 cm³/mol. The number of Topliss-reactive ketones (excluding diaryl/α,β-unsaturated/α-hetero) is 1. The van der Waals surface area contributed by atoms with E-state index in [1.165, 1.54) is 12.2 Å². The number of rotatable bonds is 2. The molecule has 0 radical (unpaired) electrons. The Morgan fingerprint density at radius 3 is 2.64 bits per heavy atom. The third-order valence-corrected chi connectivity index (χ3v) is 8.60. The largest absolute Gasteiger partial charge is 0.393 e. The van der Waals surface area contributed by atoms with Crippen molar-refractivity contribution in [2.24, 2.45) is 34.5 Å². The van der Waals surface area contributed by atoms with Crippen LogP contribution in [0.1, 0.15) is 40.0 Å². The minimum Gasteiger partial charge on any atom is -0.393 e. The van der Waals surface area contributed by atoms with Crippen LogP contribution >= 0.6 is 0 Å². The molecule has 0 aromatic heterocycles. The van der Waals surface area contributed by atoms with Crippen LogP contribution in [0.5, 0.6) is 0 Å². The van der Waals surface area contributed by atoms with Gasteiger partial charge in [0.05, 0.1) is 6.10 Å². The van der Waals surface area contributed by atoms with Crippen LogP contribution in [-0.4, -0.2) is 46.3 Å². The van der Waals surface area contributed by atoms with Crippen molar-refractivity contribution in [2.75, 3.05) is 6.67 Å². The molecule has 0 aromatic rings. The highest BCUT2D eigenvalue weighted by atomic mass is 19.1. The lowest BCUT2D eigenvalue weighted by molar-refractivity contribution is -0.184. The summed E-state index contributed by atoms with van der Waals surface area (Å²) in [6.07, 6.45) is 3.03. The Labute approximate surface area is 163 Å². The van der Waals surface area contributed by atoms with Crippen molar-refractivity contribution < 1.29 is 28.6 Å². The van der Waals surface area contributed by atoms with Gasteiger partial charge in [-0.05, 0) is 54.7 Å². The smallest absolute Gasteiger partial charge is 0.196 e. The second kappa shape index (κ2) is 6.05. The second-order valence-electron chi connectivity index (χ2n) is 9.77. The molecule has 9 atom stereocenters. The number of hydrogen-bond acceptors (Lipinski definition) is 4. The van der Waals surface area contributed by atoms with Gasteiger partial charge in [-0.1, -0.05) is 26.8 Å². The number of ketones is 2. The number of alkyl halides is 2. The first-order chi connectivity index (χ1) is 13.0. The molecule has 2 N–H and O–H groups in total. The molecule has 6 heteroatoms. The molecule has 4 aliphatic carbocycles.